The number of carboxylic acids is 1. The fourth-order valence-electron chi connectivity index (χ4n) is 1.38. The SMILES string of the molecule is C=CCSCCNCc1cc(C(=O)O)ccc1F. The third kappa shape index (κ3) is 4.89. The molecule has 0 spiro atoms. The maximum Gasteiger partial charge on any atom is 0.335 e. The number of aromatic carboxylic acids is 1. The topological polar surface area (TPSA) is 49.3 Å². The van der Waals surface area contributed by atoms with Crippen LogP contribution in [0.15, 0.2) is 30.9 Å². The van der Waals surface area contributed by atoms with Gasteiger partial charge in [0, 0.05) is 30.2 Å². The molecule has 0 fully saturated rings. The summed E-state index contributed by atoms with van der Waals surface area (Å²) in [5.41, 5.74) is 0.484. The summed E-state index contributed by atoms with van der Waals surface area (Å²) in [5.74, 6) is 0.376. The molecule has 0 aromatic heterocycles. The molecule has 18 heavy (non-hydrogen) atoms. The third-order valence-electron chi connectivity index (χ3n) is 2.27. The average molecular weight is 269 g/mol. The molecule has 0 amide bonds. The van der Waals surface area contributed by atoms with Crippen LogP contribution in [-0.2, 0) is 6.54 Å². The van der Waals surface area contributed by atoms with E-state index in [1.54, 1.807) is 11.8 Å². The van der Waals surface area contributed by atoms with Crippen LogP contribution in [0.2, 0.25) is 0 Å². The number of thioether (sulfide) groups is 1. The van der Waals surface area contributed by atoms with E-state index in [1.807, 2.05) is 6.08 Å². The number of benzene rings is 1. The Morgan fingerprint density at radius 1 is 1.56 bits per heavy atom. The first kappa shape index (κ1) is 14.7. The Kier molecular flexibility index (Phi) is 6.46. The fraction of sp³-hybridized carbons (Fsp3) is 0.308. The van der Waals surface area contributed by atoms with Gasteiger partial charge in [-0.1, -0.05) is 6.08 Å². The Morgan fingerprint density at radius 2 is 2.33 bits per heavy atom. The van der Waals surface area contributed by atoms with Crippen LogP contribution >= 0.6 is 11.8 Å². The van der Waals surface area contributed by atoms with E-state index in [2.05, 4.69) is 11.9 Å². The van der Waals surface area contributed by atoms with Crippen LogP contribution in [0, 0.1) is 5.82 Å². The van der Waals surface area contributed by atoms with Crippen molar-refractivity contribution in [3.05, 3.63) is 47.8 Å². The highest BCUT2D eigenvalue weighted by Gasteiger charge is 2.07. The molecule has 0 saturated carbocycles. The molecule has 1 aromatic carbocycles. The van der Waals surface area contributed by atoms with Crippen LogP contribution in [0.5, 0.6) is 0 Å². The van der Waals surface area contributed by atoms with Crippen molar-refractivity contribution < 1.29 is 14.3 Å². The maximum absolute atomic E-state index is 13.4. The molecule has 0 heterocycles. The number of carbonyl (C=O) groups is 1. The van der Waals surface area contributed by atoms with E-state index in [0.717, 1.165) is 18.1 Å². The van der Waals surface area contributed by atoms with Crippen LogP contribution in [-0.4, -0.2) is 29.1 Å². The fourth-order valence-corrected chi connectivity index (χ4v) is 2.00. The molecular weight excluding hydrogens is 253 g/mol. The largest absolute Gasteiger partial charge is 0.478 e. The number of halogens is 1. The molecule has 0 aliphatic heterocycles. The summed E-state index contributed by atoms with van der Waals surface area (Å²) in [5, 5.41) is 11.9. The number of hydrogen-bond donors (Lipinski definition) is 2. The van der Waals surface area contributed by atoms with Crippen LogP contribution in [0.25, 0.3) is 0 Å². The van der Waals surface area contributed by atoms with E-state index in [0.29, 0.717) is 12.1 Å². The Bertz CT molecular complexity index is 423. The molecule has 0 bridgehead atoms. The van der Waals surface area contributed by atoms with Gasteiger partial charge in [0.05, 0.1) is 5.56 Å². The summed E-state index contributed by atoms with van der Waals surface area (Å²) in [6.45, 7) is 4.70. The quantitative estimate of drug-likeness (QED) is 0.562. The van der Waals surface area contributed by atoms with Crippen molar-refractivity contribution in [2.45, 2.75) is 6.54 Å². The molecule has 0 radical (unpaired) electrons. The van der Waals surface area contributed by atoms with E-state index >= 15 is 0 Å². The van der Waals surface area contributed by atoms with E-state index in [4.69, 9.17) is 5.11 Å². The first-order valence-electron chi connectivity index (χ1n) is 5.56. The van der Waals surface area contributed by atoms with Crippen molar-refractivity contribution in [3.63, 3.8) is 0 Å². The van der Waals surface area contributed by atoms with Gasteiger partial charge in [0.2, 0.25) is 0 Å². The van der Waals surface area contributed by atoms with Crippen molar-refractivity contribution in [1.29, 1.82) is 0 Å². The van der Waals surface area contributed by atoms with Crippen molar-refractivity contribution in [1.82, 2.24) is 5.32 Å². The van der Waals surface area contributed by atoms with Crippen molar-refractivity contribution in [2.24, 2.45) is 0 Å². The van der Waals surface area contributed by atoms with Crippen LogP contribution in [0.1, 0.15) is 15.9 Å². The normalized spacial score (nSPS) is 10.3. The van der Waals surface area contributed by atoms with E-state index in [9.17, 15) is 9.18 Å². The molecule has 0 unspecified atom stereocenters. The smallest absolute Gasteiger partial charge is 0.335 e. The Morgan fingerprint density at radius 3 is 3.00 bits per heavy atom. The maximum atomic E-state index is 13.4. The van der Waals surface area contributed by atoms with Crippen molar-refractivity contribution in [3.8, 4) is 0 Å². The molecule has 0 aliphatic carbocycles. The zero-order chi connectivity index (χ0) is 13.4. The molecule has 1 rings (SSSR count). The number of rotatable bonds is 8. The molecule has 1 aromatic rings. The van der Waals surface area contributed by atoms with Gasteiger partial charge in [-0.25, -0.2) is 9.18 Å². The molecule has 2 N–H and O–H groups in total. The average Bonchev–Trinajstić information content (AvgIpc) is 2.35. The summed E-state index contributed by atoms with van der Waals surface area (Å²) in [6.07, 6.45) is 1.83. The summed E-state index contributed by atoms with van der Waals surface area (Å²) < 4.78 is 13.4. The Labute approximate surface area is 110 Å². The zero-order valence-electron chi connectivity index (χ0n) is 9.99. The second-order valence-electron chi connectivity index (χ2n) is 3.65. The van der Waals surface area contributed by atoms with Crippen molar-refractivity contribution >= 4 is 17.7 Å². The highest BCUT2D eigenvalue weighted by molar-refractivity contribution is 7.99. The van der Waals surface area contributed by atoms with Gasteiger partial charge >= 0.3 is 5.97 Å². The zero-order valence-corrected chi connectivity index (χ0v) is 10.8. The predicted molar refractivity (Wildman–Crippen MR) is 72.6 cm³/mol. The molecule has 5 heteroatoms. The minimum Gasteiger partial charge on any atom is -0.478 e. The molecule has 0 atom stereocenters. The second kappa shape index (κ2) is 7.89. The van der Waals surface area contributed by atoms with E-state index in [-0.39, 0.29) is 11.4 Å². The van der Waals surface area contributed by atoms with Crippen LogP contribution < -0.4 is 5.32 Å². The lowest BCUT2D eigenvalue weighted by Gasteiger charge is -2.06. The predicted octanol–water partition coefficient (Wildman–Crippen LogP) is 2.53. The van der Waals surface area contributed by atoms with Gasteiger partial charge in [-0.2, -0.15) is 11.8 Å². The summed E-state index contributed by atoms with van der Waals surface area (Å²) in [4.78, 5) is 10.8. The minimum absolute atomic E-state index is 0.106. The highest BCUT2D eigenvalue weighted by Crippen LogP contribution is 2.10. The van der Waals surface area contributed by atoms with Gasteiger partial charge in [0.15, 0.2) is 0 Å². The highest BCUT2D eigenvalue weighted by atomic mass is 32.2. The Balaban J connectivity index is 2.43. The van der Waals surface area contributed by atoms with Gasteiger partial charge in [-0.3, -0.25) is 0 Å². The first-order chi connectivity index (χ1) is 8.65. The van der Waals surface area contributed by atoms with E-state index in [1.165, 1.54) is 18.2 Å². The molecular formula is C13H16FNO2S. The van der Waals surface area contributed by atoms with E-state index < -0.39 is 5.97 Å². The summed E-state index contributed by atoms with van der Waals surface area (Å²) in [6, 6.07) is 3.82. The lowest BCUT2D eigenvalue weighted by atomic mass is 10.1. The van der Waals surface area contributed by atoms with Gasteiger partial charge in [-0.15, -0.1) is 6.58 Å². The van der Waals surface area contributed by atoms with Gasteiger partial charge in [0.25, 0.3) is 0 Å². The first-order valence-corrected chi connectivity index (χ1v) is 6.71. The minimum atomic E-state index is -1.04. The van der Waals surface area contributed by atoms with Gasteiger partial charge in [-0.05, 0) is 18.2 Å². The third-order valence-corrected chi connectivity index (χ3v) is 3.23. The lowest BCUT2D eigenvalue weighted by molar-refractivity contribution is 0.0696. The van der Waals surface area contributed by atoms with Gasteiger partial charge in [0.1, 0.15) is 5.82 Å². The van der Waals surface area contributed by atoms with Gasteiger partial charge < -0.3 is 10.4 Å². The number of nitrogens with one attached hydrogen (secondary N) is 1. The summed E-state index contributed by atoms with van der Waals surface area (Å²) >= 11 is 1.73. The number of hydrogen-bond acceptors (Lipinski definition) is 3. The Hall–Kier alpha value is -1.33. The molecule has 3 nitrogen and oxygen atoms in total. The van der Waals surface area contributed by atoms with Crippen LogP contribution in [0.3, 0.4) is 0 Å². The molecule has 0 saturated heterocycles. The summed E-state index contributed by atoms with van der Waals surface area (Å²) in [7, 11) is 0. The molecule has 98 valence electrons. The number of carboxylic acid groups (broad SMARTS) is 1. The standard InChI is InChI=1S/C13H16FNO2S/c1-2-6-18-7-5-15-9-11-8-10(13(16)17)3-4-12(11)14/h2-4,8,15H,1,5-7,9H2,(H,16,17). The molecule has 0 aliphatic rings. The lowest BCUT2D eigenvalue weighted by Crippen LogP contribution is -2.18. The monoisotopic (exact) mass is 269 g/mol. The van der Waals surface area contributed by atoms with Crippen molar-refractivity contribution in [2.75, 3.05) is 18.1 Å². The second-order valence-corrected chi connectivity index (χ2v) is 4.80. The van der Waals surface area contributed by atoms with Crippen LogP contribution in [0.4, 0.5) is 4.39 Å².